The van der Waals surface area contributed by atoms with Crippen LogP contribution in [0.25, 0.3) is 0 Å². The van der Waals surface area contributed by atoms with Crippen LogP contribution in [0.1, 0.15) is 131 Å². The van der Waals surface area contributed by atoms with Gasteiger partial charge >= 0.3 is 67.2 Å². The van der Waals surface area contributed by atoms with Crippen LogP contribution in [0.5, 0.6) is 34.5 Å². The molecule has 0 aromatic heterocycles. The molecule has 6 aromatic carbocycles. The number of piperidine rings is 3. The molecule has 0 amide bonds. The summed E-state index contributed by atoms with van der Waals surface area (Å²) < 4.78 is 261. The Morgan fingerprint density at radius 2 is 0.688 bits per heavy atom. The molecule has 0 unspecified atom stereocenters. The van der Waals surface area contributed by atoms with Crippen molar-refractivity contribution in [3.05, 3.63) is 179 Å². The largest absolute Gasteiger partial charge is 1.00 e. The second-order valence-electron chi connectivity index (χ2n) is 28.8. The van der Waals surface area contributed by atoms with Gasteiger partial charge < -0.3 is 55.0 Å². The van der Waals surface area contributed by atoms with E-state index in [-0.39, 0.29) is 92.3 Å². The number of aliphatic hydroxyl groups excluding tert-OH is 3. The van der Waals surface area contributed by atoms with E-state index in [1.54, 1.807) is 30.3 Å². The number of rotatable bonds is 24. The molecule has 12 rings (SSSR count). The Morgan fingerprint density at radius 1 is 0.411 bits per heavy atom. The van der Waals surface area contributed by atoms with Crippen molar-refractivity contribution in [2.75, 3.05) is 85.8 Å². The van der Waals surface area contributed by atoms with Gasteiger partial charge in [0.2, 0.25) is 0 Å². The van der Waals surface area contributed by atoms with E-state index in [9.17, 15) is 94.0 Å². The van der Waals surface area contributed by atoms with E-state index in [0.29, 0.717) is 126 Å². The first-order valence-electron chi connectivity index (χ1n) is 36.4. The Labute approximate surface area is 663 Å². The number of aliphatic hydroxyl groups is 3. The molecule has 3 N–H and O–H groups in total. The summed E-state index contributed by atoms with van der Waals surface area (Å²) in [4.78, 5) is 19.6. The molecule has 3 saturated carbocycles. The zero-order chi connectivity index (χ0) is 79.9. The monoisotopic (exact) mass is 1620 g/mol. The molecule has 6 fully saturated rings. The molecular formula is C79H90BF18N3NaO10. The summed E-state index contributed by atoms with van der Waals surface area (Å²) in [5, 5.41) is 29.5. The van der Waals surface area contributed by atoms with Gasteiger partial charge in [-0.25, -0.2) is 0 Å². The molecule has 3 saturated heterocycles. The van der Waals surface area contributed by atoms with Crippen LogP contribution < -0.4 is 58.0 Å². The van der Waals surface area contributed by atoms with Crippen LogP contribution in [0.15, 0.2) is 146 Å². The Morgan fingerprint density at radius 3 is 0.964 bits per heavy atom. The van der Waals surface area contributed by atoms with Crippen molar-refractivity contribution in [3.63, 3.8) is 0 Å². The number of likely N-dealkylation sites (tertiary alicyclic amines) is 3. The van der Waals surface area contributed by atoms with Crippen LogP contribution in [0.3, 0.4) is 0 Å². The summed E-state index contributed by atoms with van der Waals surface area (Å²) in [6.45, 7) is 5.62. The van der Waals surface area contributed by atoms with E-state index in [4.69, 9.17) is 19.3 Å². The van der Waals surface area contributed by atoms with Gasteiger partial charge in [0.25, 0.3) is 0 Å². The van der Waals surface area contributed by atoms with Crippen molar-refractivity contribution < 1.29 is 159 Å². The number of nitrogens with zero attached hydrogens (tertiary/aromatic N) is 3. The second-order valence-corrected chi connectivity index (χ2v) is 28.8. The van der Waals surface area contributed by atoms with Gasteiger partial charge in [0, 0.05) is 93.5 Å². The van der Waals surface area contributed by atoms with Crippen LogP contribution >= 0.6 is 0 Å². The number of benzene rings is 6. The number of β-amino-alcohol motifs (C(OH)–C–C–N with tert-alkyl or cyclic N) is 2. The fraction of sp³-hybridized carbons (Fsp3) is 0.532. The van der Waals surface area contributed by atoms with Crippen molar-refractivity contribution in [3.8, 4) is 34.5 Å². The molecule has 5 atom stereocenters. The van der Waals surface area contributed by atoms with Crippen LogP contribution in [0.4, 0.5) is 79.0 Å². The van der Waals surface area contributed by atoms with Gasteiger partial charge in [-0.05, 0) is 188 Å². The van der Waals surface area contributed by atoms with Crippen molar-refractivity contribution in [1.29, 1.82) is 0 Å². The average molecular weight is 1620 g/mol. The third-order valence-electron chi connectivity index (χ3n) is 21.5. The van der Waals surface area contributed by atoms with E-state index in [0.717, 1.165) is 114 Å². The predicted octanol–water partition coefficient (Wildman–Crippen LogP) is 15.1. The number of para-hydroxylation sites is 3. The predicted molar refractivity (Wildman–Crippen MR) is 376 cm³/mol. The van der Waals surface area contributed by atoms with Crippen LogP contribution in [0.2, 0.25) is 0 Å². The number of ketones is 1. The maximum absolute atomic E-state index is 13.4. The summed E-state index contributed by atoms with van der Waals surface area (Å²) in [6.07, 6.45) is -18.8. The number of alkyl halides is 18. The van der Waals surface area contributed by atoms with Crippen LogP contribution in [0, 0.1) is 17.8 Å². The summed E-state index contributed by atoms with van der Waals surface area (Å²) in [7, 11) is 1.00. The fourth-order valence-corrected chi connectivity index (χ4v) is 15.6. The summed E-state index contributed by atoms with van der Waals surface area (Å²) >= 11 is 0. The summed E-state index contributed by atoms with van der Waals surface area (Å²) in [6, 6.07) is 31.5. The quantitative estimate of drug-likeness (QED) is 0.0391. The maximum atomic E-state index is 13.4. The first-order valence-corrected chi connectivity index (χ1v) is 36.4. The molecule has 611 valence electrons. The molecule has 6 aromatic rings. The number of halogens is 18. The van der Waals surface area contributed by atoms with Crippen molar-refractivity contribution >= 4 is 14.2 Å². The number of carbonyl (C=O) groups excluding carboxylic acids is 1. The van der Waals surface area contributed by atoms with Crippen LogP contribution in [-0.4, -0.2) is 161 Å². The SMILES string of the molecule is CO.O=C(CN1CCC[C@H](COc2ccc(C(F)(F)F)cc2)C1)C1(c2ccccc2OC(F)(F)F)CCC1.O[C@@H](CN1CCC[C@H](COc2ccc(C(F)(F)F)cc2)C1)C1(c2ccccc2OC(F)(F)F)CCC1.O[C@H](CN1CCC[C@H](COc2ccc(C(F)(F)F)cc2)C1)C1(c2ccccc2OC(F)(F)F)CCC1.[B].[H-].[Na+]. The zero-order valence-electron chi connectivity index (χ0n) is 62.8. The summed E-state index contributed by atoms with van der Waals surface area (Å²) in [5.74, 6) is 0.353. The number of Topliss-reactive ketones (excluding diaryl/α,β-unsaturated/α-hetero) is 1. The van der Waals surface area contributed by atoms with Crippen molar-refractivity contribution in [2.24, 2.45) is 17.8 Å². The molecule has 6 aliphatic rings. The molecule has 3 aliphatic heterocycles. The van der Waals surface area contributed by atoms with Gasteiger partial charge in [-0.1, -0.05) is 73.9 Å². The minimum absolute atomic E-state index is 0. The molecule has 3 aliphatic carbocycles. The Balaban J connectivity index is 0.000000258. The third-order valence-corrected chi connectivity index (χ3v) is 21.5. The van der Waals surface area contributed by atoms with Crippen LogP contribution in [-0.2, 0) is 39.6 Å². The van der Waals surface area contributed by atoms with E-state index in [1.807, 2.05) is 4.90 Å². The standard InChI is InChI=1S/2C26H29F6NO3.C26H27F6NO3.CH4O.B.Na.H/c3*27-25(28,29)19-8-10-20(11-9-19)35-17-18-5-3-14-33(15-18)16-23(34)24(12-4-13-24)21-6-1-2-7-22(21)36-26(30,31)32;1-2;;;/h2*1-2,6-11,18,23,34H,3-5,12-17H2;1-2,6-11,18H,3-5,12-17H2;2H,1H3;;;/q;;;;;+1;-1/t18-,23+;18-,23-;18-;;;;/m000..../s1. The van der Waals surface area contributed by atoms with Gasteiger partial charge in [-0.3, -0.25) is 9.69 Å². The molecule has 0 spiro atoms. The maximum Gasteiger partial charge on any atom is 1.00 e. The second kappa shape index (κ2) is 39.8. The van der Waals surface area contributed by atoms with Gasteiger partial charge in [-0.2, -0.15) is 39.5 Å². The fourth-order valence-electron chi connectivity index (χ4n) is 15.6. The summed E-state index contributed by atoms with van der Waals surface area (Å²) in [5.41, 5.74) is -3.79. The molecule has 0 bridgehead atoms. The Kier molecular flexibility index (Phi) is 32.9. The minimum atomic E-state index is -4.85. The van der Waals surface area contributed by atoms with Gasteiger partial charge in [0.15, 0.2) is 5.78 Å². The van der Waals surface area contributed by atoms with Crippen molar-refractivity contribution in [1.82, 2.24) is 14.7 Å². The van der Waals surface area contributed by atoms with Gasteiger partial charge in [-0.15, -0.1) is 39.5 Å². The third kappa shape index (κ3) is 25.4. The van der Waals surface area contributed by atoms with E-state index in [1.165, 1.54) is 78.9 Å². The van der Waals surface area contributed by atoms with E-state index in [2.05, 4.69) is 24.0 Å². The topological polar surface area (TPSA) is 143 Å². The van der Waals surface area contributed by atoms with E-state index >= 15 is 0 Å². The Hall–Kier alpha value is -6.65. The number of carbonyl (C=O) groups is 1. The number of ether oxygens (including phenoxy) is 6. The number of hydrogen-bond donors (Lipinski definition) is 3. The minimum Gasteiger partial charge on any atom is -1.00 e. The van der Waals surface area contributed by atoms with Gasteiger partial charge in [0.1, 0.15) is 34.5 Å². The van der Waals surface area contributed by atoms with Gasteiger partial charge in [0.05, 0.1) is 60.7 Å². The first-order chi connectivity index (χ1) is 51.9. The zero-order valence-corrected chi connectivity index (χ0v) is 63.8. The molecular weight excluding hydrogens is 1530 g/mol. The molecule has 3 radical (unpaired) electrons. The number of hydrogen-bond acceptors (Lipinski definition) is 13. The molecule has 112 heavy (non-hydrogen) atoms. The molecule has 13 nitrogen and oxygen atoms in total. The first kappa shape index (κ1) is 92.5. The normalized spacial score (nSPS) is 20.4. The Bertz CT molecular complexity index is 3710. The smallest absolute Gasteiger partial charge is 1.00 e. The van der Waals surface area contributed by atoms with E-state index < -0.39 is 82.8 Å². The van der Waals surface area contributed by atoms with Crippen molar-refractivity contribution in [2.45, 2.75) is 162 Å². The average Bonchev–Trinajstić information content (AvgIpc) is 0.760. The molecule has 3 heterocycles. The molecule has 33 heteroatoms.